The molecule has 0 aromatic rings. The molecule has 1 atom stereocenters. The normalized spacial score (nSPS) is 26.5. The molecule has 0 aliphatic heterocycles. The van der Waals surface area contributed by atoms with E-state index in [-0.39, 0.29) is 0 Å². The Morgan fingerprint density at radius 3 is 2.27 bits per heavy atom. The molecule has 11 heavy (non-hydrogen) atoms. The van der Waals surface area contributed by atoms with E-state index in [0.717, 1.165) is 6.42 Å². The Morgan fingerprint density at radius 2 is 1.82 bits per heavy atom. The van der Waals surface area contributed by atoms with E-state index in [1.807, 2.05) is 0 Å². The predicted molar refractivity (Wildman–Crippen MR) is 49.5 cm³/mol. The molecule has 0 saturated heterocycles. The minimum Gasteiger partial charge on any atom is -0.327 e. The fraction of sp³-hybridized carbons (Fsp3) is 1.00. The van der Waals surface area contributed by atoms with Gasteiger partial charge in [-0.1, -0.05) is 33.1 Å². The first-order valence-corrected chi connectivity index (χ1v) is 4.94. The van der Waals surface area contributed by atoms with Crippen LogP contribution < -0.4 is 5.73 Å². The molecule has 0 amide bonds. The Kier molecular flexibility index (Phi) is 2.94. The fourth-order valence-corrected chi connectivity index (χ4v) is 2.22. The smallest absolute Gasteiger partial charge is 0.00902 e. The van der Waals surface area contributed by atoms with Crippen molar-refractivity contribution in [3.05, 3.63) is 0 Å². The molecule has 0 aromatic carbocycles. The van der Waals surface area contributed by atoms with E-state index in [0.29, 0.717) is 11.5 Å². The topological polar surface area (TPSA) is 26.0 Å². The molecule has 0 unspecified atom stereocenters. The van der Waals surface area contributed by atoms with E-state index >= 15 is 0 Å². The van der Waals surface area contributed by atoms with Crippen molar-refractivity contribution in [2.75, 3.05) is 0 Å². The molecule has 1 heteroatoms. The molecule has 0 aromatic heterocycles. The van der Waals surface area contributed by atoms with Crippen LogP contribution in [-0.2, 0) is 0 Å². The Labute approximate surface area is 70.4 Å². The molecule has 0 spiro atoms. The van der Waals surface area contributed by atoms with Gasteiger partial charge in [0.1, 0.15) is 0 Å². The van der Waals surface area contributed by atoms with Crippen molar-refractivity contribution in [3.63, 3.8) is 0 Å². The van der Waals surface area contributed by atoms with E-state index in [4.69, 9.17) is 5.73 Å². The van der Waals surface area contributed by atoms with Gasteiger partial charge in [-0.25, -0.2) is 0 Å². The highest BCUT2D eigenvalue weighted by molar-refractivity contribution is 4.86. The fourth-order valence-electron chi connectivity index (χ4n) is 2.22. The van der Waals surface area contributed by atoms with Crippen LogP contribution in [0.1, 0.15) is 52.4 Å². The van der Waals surface area contributed by atoms with Crippen molar-refractivity contribution in [1.82, 2.24) is 0 Å². The zero-order chi connectivity index (χ0) is 8.32. The van der Waals surface area contributed by atoms with E-state index in [2.05, 4.69) is 13.8 Å². The van der Waals surface area contributed by atoms with E-state index in [1.54, 1.807) is 0 Å². The predicted octanol–water partition coefficient (Wildman–Crippen LogP) is 2.69. The summed E-state index contributed by atoms with van der Waals surface area (Å²) in [6, 6.07) is 0.433. The maximum absolute atomic E-state index is 6.08. The zero-order valence-electron chi connectivity index (χ0n) is 7.90. The molecule has 1 aliphatic carbocycles. The number of nitrogens with two attached hydrogens (primary N) is 1. The SMILES string of the molecule is CC[C@@H](N)C1(C)CCCCC1. The van der Waals surface area contributed by atoms with Gasteiger partial charge in [-0.2, -0.15) is 0 Å². The highest BCUT2D eigenvalue weighted by Gasteiger charge is 2.31. The van der Waals surface area contributed by atoms with Gasteiger partial charge in [-0.3, -0.25) is 0 Å². The third kappa shape index (κ3) is 1.96. The van der Waals surface area contributed by atoms with Crippen LogP contribution in [0.2, 0.25) is 0 Å². The quantitative estimate of drug-likeness (QED) is 0.652. The Balaban J connectivity index is 2.49. The standard InChI is InChI=1S/C10H21N/c1-3-9(11)10(2)7-5-4-6-8-10/h9H,3-8,11H2,1-2H3/t9-/m1/s1. The van der Waals surface area contributed by atoms with Crippen molar-refractivity contribution < 1.29 is 0 Å². The van der Waals surface area contributed by atoms with Gasteiger partial charge in [-0.15, -0.1) is 0 Å². The van der Waals surface area contributed by atoms with Gasteiger partial charge in [-0.05, 0) is 24.7 Å². The van der Waals surface area contributed by atoms with Crippen molar-refractivity contribution >= 4 is 0 Å². The van der Waals surface area contributed by atoms with Gasteiger partial charge in [0, 0.05) is 6.04 Å². The average Bonchev–Trinajstić information content (AvgIpc) is 2.04. The van der Waals surface area contributed by atoms with Crippen LogP contribution in [0.5, 0.6) is 0 Å². The molecule has 1 rings (SSSR count). The van der Waals surface area contributed by atoms with Crippen LogP contribution in [0, 0.1) is 5.41 Å². The first-order chi connectivity index (χ1) is 5.19. The number of hydrogen-bond donors (Lipinski definition) is 1. The summed E-state index contributed by atoms with van der Waals surface area (Å²) in [6.07, 6.45) is 8.04. The van der Waals surface area contributed by atoms with Gasteiger partial charge in [0.15, 0.2) is 0 Å². The first-order valence-electron chi connectivity index (χ1n) is 4.94. The monoisotopic (exact) mass is 155 g/mol. The van der Waals surface area contributed by atoms with Gasteiger partial charge < -0.3 is 5.73 Å². The van der Waals surface area contributed by atoms with Gasteiger partial charge in [0.25, 0.3) is 0 Å². The number of hydrogen-bond acceptors (Lipinski definition) is 1. The minimum absolute atomic E-state index is 0.433. The highest BCUT2D eigenvalue weighted by Crippen LogP contribution is 2.38. The summed E-state index contributed by atoms with van der Waals surface area (Å²) >= 11 is 0. The summed E-state index contributed by atoms with van der Waals surface area (Å²) in [6.45, 7) is 4.56. The van der Waals surface area contributed by atoms with Crippen LogP contribution in [0.25, 0.3) is 0 Å². The molecule has 0 heterocycles. The van der Waals surface area contributed by atoms with Crippen molar-refractivity contribution in [3.8, 4) is 0 Å². The lowest BCUT2D eigenvalue weighted by Crippen LogP contribution is -2.40. The second-order valence-electron chi connectivity index (χ2n) is 4.23. The van der Waals surface area contributed by atoms with Crippen LogP contribution in [-0.4, -0.2) is 6.04 Å². The molecule has 1 fully saturated rings. The molecule has 1 saturated carbocycles. The van der Waals surface area contributed by atoms with Crippen molar-refractivity contribution in [1.29, 1.82) is 0 Å². The first kappa shape index (κ1) is 9.05. The zero-order valence-corrected chi connectivity index (χ0v) is 7.90. The van der Waals surface area contributed by atoms with E-state index < -0.39 is 0 Å². The molecule has 2 N–H and O–H groups in total. The summed E-state index contributed by atoms with van der Waals surface area (Å²) in [7, 11) is 0. The Morgan fingerprint density at radius 1 is 1.27 bits per heavy atom. The maximum atomic E-state index is 6.08. The lowest BCUT2D eigenvalue weighted by atomic mass is 9.70. The van der Waals surface area contributed by atoms with Gasteiger partial charge in [0.05, 0.1) is 0 Å². The molecule has 0 radical (unpaired) electrons. The van der Waals surface area contributed by atoms with Crippen LogP contribution in [0.3, 0.4) is 0 Å². The average molecular weight is 155 g/mol. The summed E-state index contributed by atoms with van der Waals surface area (Å²) in [5.41, 5.74) is 6.55. The van der Waals surface area contributed by atoms with Gasteiger partial charge in [0.2, 0.25) is 0 Å². The van der Waals surface area contributed by atoms with Crippen molar-refractivity contribution in [2.45, 2.75) is 58.4 Å². The van der Waals surface area contributed by atoms with Crippen LogP contribution >= 0.6 is 0 Å². The Hall–Kier alpha value is -0.0400. The third-order valence-electron chi connectivity index (χ3n) is 3.33. The Bertz CT molecular complexity index is 114. The summed E-state index contributed by atoms with van der Waals surface area (Å²) in [4.78, 5) is 0. The molecular weight excluding hydrogens is 134 g/mol. The second kappa shape index (κ2) is 3.57. The van der Waals surface area contributed by atoms with E-state index in [1.165, 1.54) is 32.1 Å². The highest BCUT2D eigenvalue weighted by atomic mass is 14.7. The lowest BCUT2D eigenvalue weighted by molar-refractivity contribution is 0.166. The van der Waals surface area contributed by atoms with Crippen molar-refractivity contribution in [2.24, 2.45) is 11.1 Å². The van der Waals surface area contributed by atoms with Crippen LogP contribution in [0.15, 0.2) is 0 Å². The molecular formula is C10H21N. The third-order valence-corrected chi connectivity index (χ3v) is 3.33. The summed E-state index contributed by atoms with van der Waals surface area (Å²) in [5, 5.41) is 0. The largest absolute Gasteiger partial charge is 0.327 e. The summed E-state index contributed by atoms with van der Waals surface area (Å²) in [5.74, 6) is 0. The summed E-state index contributed by atoms with van der Waals surface area (Å²) < 4.78 is 0. The molecule has 0 bridgehead atoms. The van der Waals surface area contributed by atoms with Gasteiger partial charge >= 0.3 is 0 Å². The minimum atomic E-state index is 0.433. The lowest BCUT2D eigenvalue weighted by Gasteiger charge is -2.38. The van der Waals surface area contributed by atoms with Crippen LogP contribution in [0.4, 0.5) is 0 Å². The molecule has 1 aliphatic rings. The maximum Gasteiger partial charge on any atom is 0.00902 e. The molecule has 66 valence electrons. The molecule has 1 nitrogen and oxygen atoms in total. The number of rotatable bonds is 2. The van der Waals surface area contributed by atoms with E-state index in [9.17, 15) is 0 Å². The second-order valence-corrected chi connectivity index (χ2v) is 4.23.